The first-order valence-electron chi connectivity index (χ1n) is 5.77. The molecule has 1 amide bonds. The monoisotopic (exact) mass is 237 g/mol. The van der Waals surface area contributed by atoms with Gasteiger partial charge in [0, 0.05) is 32.7 Å². The van der Waals surface area contributed by atoms with Gasteiger partial charge in [-0.25, -0.2) is 0 Å². The molecule has 17 heavy (non-hydrogen) atoms. The van der Waals surface area contributed by atoms with E-state index in [9.17, 15) is 4.79 Å². The summed E-state index contributed by atoms with van der Waals surface area (Å²) in [5, 5.41) is 4.00. The van der Waals surface area contributed by atoms with E-state index in [1.54, 1.807) is 13.2 Å². The summed E-state index contributed by atoms with van der Waals surface area (Å²) in [6.07, 6.45) is 1.54. The molecule has 1 aromatic rings. The molecule has 0 saturated carbocycles. The predicted molar refractivity (Wildman–Crippen MR) is 65.6 cm³/mol. The highest BCUT2D eigenvalue weighted by Gasteiger charge is 2.27. The first-order chi connectivity index (χ1) is 8.00. The molecule has 1 unspecified atom stereocenters. The number of anilines is 1. The lowest BCUT2D eigenvalue weighted by Crippen LogP contribution is -2.52. The number of aryl methyl sites for hydroxylation is 1. The van der Waals surface area contributed by atoms with Crippen LogP contribution in [0.2, 0.25) is 0 Å². The topological polar surface area (TPSA) is 67.4 Å². The molecule has 1 aromatic heterocycles. The molecule has 1 atom stereocenters. The van der Waals surface area contributed by atoms with Crippen LogP contribution in [-0.2, 0) is 7.05 Å². The van der Waals surface area contributed by atoms with Gasteiger partial charge in [-0.15, -0.1) is 0 Å². The van der Waals surface area contributed by atoms with Crippen molar-refractivity contribution in [2.75, 3.05) is 32.4 Å². The maximum atomic E-state index is 12.3. The van der Waals surface area contributed by atoms with Gasteiger partial charge in [-0.2, -0.15) is 5.10 Å². The summed E-state index contributed by atoms with van der Waals surface area (Å²) in [5.74, 6) is 0.414. The van der Waals surface area contributed by atoms with Gasteiger partial charge in [-0.05, 0) is 14.0 Å². The Morgan fingerprint density at radius 3 is 2.71 bits per heavy atom. The lowest BCUT2D eigenvalue weighted by Gasteiger charge is -2.37. The van der Waals surface area contributed by atoms with Crippen molar-refractivity contribution >= 4 is 11.7 Å². The van der Waals surface area contributed by atoms with Gasteiger partial charge in [0.05, 0.1) is 6.20 Å². The normalized spacial score (nSPS) is 21.8. The number of nitrogen functional groups attached to an aromatic ring is 1. The SMILES string of the molecule is CC1CN(C(=O)c2cnn(C)c2N)CCN1C. The van der Waals surface area contributed by atoms with E-state index in [-0.39, 0.29) is 5.91 Å². The van der Waals surface area contributed by atoms with Crippen molar-refractivity contribution in [3.8, 4) is 0 Å². The number of rotatable bonds is 1. The third-order valence-corrected chi connectivity index (χ3v) is 3.46. The average molecular weight is 237 g/mol. The molecule has 0 bridgehead atoms. The van der Waals surface area contributed by atoms with Crippen molar-refractivity contribution in [1.82, 2.24) is 19.6 Å². The van der Waals surface area contributed by atoms with Crippen LogP contribution in [0.3, 0.4) is 0 Å². The molecule has 0 aromatic carbocycles. The van der Waals surface area contributed by atoms with Crippen molar-refractivity contribution in [2.24, 2.45) is 7.05 Å². The minimum atomic E-state index is -0.0180. The van der Waals surface area contributed by atoms with Crippen LogP contribution in [0.4, 0.5) is 5.82 Å². The molecule has 6 nitrogen and oxygen atoms in total. The van der Waals surface area contributed by atoms with Gasteiger partial charge in [0.2, 0.25) is 0 Å². The number of likely N-dealkylation sites (N-methyl/N-ethyl adjacent to an activating group) is 1. The van der Waals surface area contributed by atoms with Gasteiger partial charge in [-0.3, -0.25) is 9.48 Å². The molecule has 2 N–H and O–H groups in total. The number of hydrogen-bond donors (Lipinski definition) is 1. The van der Waals surface area contributed by atoms with Crippen LogP contribution < -0.4 is 5.73 Å². The van der Waals surface area contributed by atoms with E-state index in [0.717, 1.165) is 19.6 Å². The Morgan fingerprint density at radius 2 is 2.18 bits per heavy atom. The molecule has 1 aliphatic rings. The first kappa shape index (κ1) is 11.9. The van der Waals surface area contributed by atoms with Crippen molar-refractivity contribution in [2.45, 2.75) is 13.0 Å². The molecule has 1 saturated heterocycles. The minimum absolute atomic E-state index is 0.0180. The Bertz CT molecular complexity index is 427. The Labute approximate surface area is 101 Å². The summed E-state index contributed by atoms with van der Waals surface area (Å²) in [4.78, 5) is 16.4. The molecule has 1 aliphatic heterocycles. The van der Waals surface area contributed by atoms with Crippen LogP contribution in [0.25, 0.3) is 0 Å². The standard InChI is InChI=1S/C11H19N5O/c1-8-7-16(5-4-14(8)2)11(17)9-6-13-15(3)10(9)12/h6,8H,4-5,7,12H2,1-3H3. The maximum Gasteiger partial charge on any atom is 0.259 e. The molecule has 0 radical (unpaired) electrons. The van der Waals surface area contributed by atoms with E-state index in [4.69, 9.17) is 5.73 Å². The molecule has 6 heteroatoms. The fourth-order valence-corrected chi connectivity index (χ4v) is 2.02. The third kappa shape index (κ3) is 2.12. The highest BCUT2D eigenvalue weighted by atomic mass is 16.2. The largest absolute Gasteiger partial charge is 0.383 e. The number of hydrogen-bond acceptors (Lipinski definition) is 4. The smallest absolute Gasteiger partial charge is 0.259 e. The van der Waals surface area contributed by atoms with E-state index in [0.29, 0.717) is 17.4 Å². The molecule has 2 rings (SSSR count). The molecule has 0 spiro atoms. The van der Waals surface area contributed by atoms with E-state index in [1.807, 2.05) is 4.90 Å². The van der Waals surface area contributed by atoms with Gasteiger partial charge in [0.1, 0.15) is 11.4 Å². The Kier molecular flexibility index (Phi) is 3.06. The Balaban J connectivity index is 2.13. The fourth-order valence-electron chi connectivity index (χ4n) is 2.02. The number of amides is 1. The Morgan fingerprint density at radius 1 is 1.47 bits per heavy atom. The average Bonchev–Trinajstić information content (AvgIpc) is 2.63. The van der Waals surface area contributed by atoms with Crippen molar-refractivity contribution in [1.29, 1.82) is 0 Å². The molecule has 2 heterocycles. The Hall–Kier alpha value is -1.56. The first-order valence-corrected chi connectivity index (χ1v) is 5.77. The van der Waals surface area contributed by atoms with E-state index in [1.165, 1.54) is 4.68 Å². The zero-order valence-electron chi connectivity index (χ0n) is 10.6. The fraction of sp³-hybridized carbons (Fsp3) is 0.636. The second-order valence-electron chi connectivity index (χ2n) is 4.65. The molecule has 0 aliphatic carbocycles. The number of aromatic nitrogens is 2. The molecular weight excluding hydrogens is 218 g/mol. The van der Waals surface area contributed by atoms with Crippen molar-refractivity contribution in [3.05, 3.63) is 11.8 Å². The number of nitrogens with zero attached hydrogens (tertiary/aromatic N) is 4. The summed E-state index contributed by atoms with van der Waals surface area (Å²) in [6.45, 7) is 4.50. The predicted octanol–water partition coefficient (Wildman–Crippen LogP) is -0.222. The van der Waals surface area contributed by atoms with E-state index < -0.39 is 0 Å². The molecule has 1 fully saturated rings. The summed E-state index contributed by atoms with van der Waals surface area (Å²) in [7, 11) is 3.81. The zero-order valence-corrected chi connectivity index (χ0v) is 10.6. The number of nitrogens with two attached hydrogens (primary N) is 1. The summed E-state index contributed by atoms with van der Waals surface area (Å²) in [5.41, 5.74) is 6.32. The van der Waals surface area contributed by atoms with E-state index >= 15 is 0 Å². The lowest BCUT2D eigenvalue weighted by molar-refractivity contribution is 0.0573. The van der Waals surface area contributed by atoms with Crippen molar-refractivity contribution < 1.29 is 4.79 Å². The highest BCUT2D eigenvalue weighted by Crippen LogP contribution is 2.15. The van der Waals surface area contributed by atoms with Gasteiger partial charge >= 0.3 is 0 Å². The quantitative estimate of drug-likeness (QED) is 0.733. The maximum absolute atomic E-state index is 12.3. The van der Waals surface area contributed by atoms with Crippen LogP contribution in [0.5, 0.6) is 0 Å². The zero-order chi connectivity index (χ0) is 12.6. The van der Waals surface area contributed by atoms with Crippen LogP contribution in [0.15, 0.2) is 6.20 Å². The van der Waals surface area contributed by atoms with Gasteiger partial charge in [-0.1, -0.05) is 0 Å². The van der Waals surface area contributed by atoms with Crippen LogP contribution >= 0.6 is 0 Å². The summed E-state index contributed by atoms with van der Waals surface area (Å²) in [6, 6.07) is 0.380. The van der Waals surface area contributed by atoms with Crippen molar-refractivity contribution in [3.63, 3.8) is 0 Å². The van der Waals surface area contributed by atoms with E-state index in [2.05, 4.69) is 24.0 Å². The van der Waals surface area contributed by atoms with Crippen LogP contribution in [0.1, 0.15) is 17.3 Å². The number of carbonyl (C=O) groups is 1. The second-order valence-corrected chi connectivity index (χ2v) is 4.65. The molecular formula is C11H19N5O. The van der Waals surface area contributed by atoms with Crippen LogP contribution in [-0.4, -0.2) is 58.2 Å². The number of piperazine rings is 1. The van der Waals surface area contributed by atoms with Crippen LogP contribution in [0, 0.1) is 0 Å². The lowest BCUT2D eigenvalue weighted by atomic mass is 10.2. The van der Waals surface area contributed by atoms with Gasteiger partial charge in [0.25, 0.3) is 5.91 Å². The highest BCUT2D eigenvalue weighted by molar-refractivity contribution is 5.98. The van der Waals surface area contributed by atoms with Gasteiger partial charge in [0.15, 0.2) is 0 Å². The summed E-state index contributed by atoms with van der Waals surface area (Å²) >= 11 is 0. The summed E-state index contributed by atoms with van der Waals surface area (Å²) < 4.78 is 1.52. The minimum Gasteiger partial charge on any atom is -0.383 e. The second kappa shape index (κ2) is 4.37. The molecule has 94 valence electrons. The number of carbonyl (C=O) groups excluding carboxylic acids is 1. The van der Waals surface area contributed by atoms with Gasteiger partial charge < -0.3 is 15.5 Å². The third-order valence-electron chi connectivity index (χ3n) is 3.46.